The summed E-state index contributed by atoms with van der Waals surface area (Å²) in [4.78, 5) is 1.26. The third-order valence-corrected chi connectivity index (χ3v) is 5.32. The zero-order valence-electron chi connectivity index (χ0n) is 10.7. The smallest absolute Gasteiger partial charge is 0.179 e. The summed E-state index contributed by atoms with van der Waals surface area (Å²) in [6, 6.07) is 5.05. The second-order valence-electron chi connectivity index (χ2n) is 3.70. The maximum absolute atomic E-state index is 11.4. The van der Waals surface area contributed by atoms with Crippen molar-refractivity contribution in [2.24, 2.45) is 5.14 Å². The number of hydrogen-bond donors (Lipinski definition) is 2. The van der Waals surface area contributed by atoms with Crippen molar-refractivity contribution in [1.29, 1.82) is 0 Å². The van der Waals surface area contributed by atoms with E-state index in [0.29, 0.717) is 10.6 Å². The topological polar surface area (TPSA) is 98.0 Å². The molecule has 1 heterocycles. The first-order valence-corrected chi connectivity index (χ1v) is 9.74. The minimum Gasteiger partial charge on any atom is -0.304 e. The molecule has 0 aliphatic heterocycles. The van der Waals surface area contributed by atoms with Gasteiger partial charge in [-0.05, 0) is 25.1 Å². The molecule has 108 valence electrons. The van der Waals surface area contributed by atoms with E-state index in [4.69, 9.17) is 5.14 Å². The van der Waals surface area contributed by atoms with Crippen molar-refractivity contribution in [2.75, 3.05) is 11.0 Å². The molecule has 2 unspecified atom stereocenters. The fourth-order valence-electron chi connectivity index (χ4n) is 1.37. The van der Waals surface area contributed by atoms with Gasteiger partial charge in [0.15, 0.2) is 4.34 Å². The first-order valence-electron chi connectivity index (χ1n) is 5.34. The summed E-state index contributed by atoms with van der Waals surface area (Å²) in [5.74, 6) is 0. The second-order valence-corrected chi connectivity index (χ2v) is 8.35. The van der Waals surface area contributed by atoms with Gasteiger partial charge in [0.05, 0.1) is 10.6 Å². The monoisotopic (exact) mass is 348 g/mol. The molecular weight excluding hydrogens is 336 g/mol. The summed E-state index contributed by atoms with van der Waals surface area (Å²) in [7, 11) is -2.76. The predicted octanol–water partition coefficient (Wildman–Crippen LogP) is 1.68. The Morgan fingerprint density at radius 3 is 2.65 bits per heavy atom. The van der Waals surface area contributed by atoms with Gasteiger partial charge in [-0.1, -0.05) is 23.1 Å². The molecule has 0 fully saturated rings. The fraction of sp³-hybridized carbons (Fsp3) is 0.200. The Morgan fingerprint density at radius 1 is 1.35 bits per heavy atom. The molecule has 2 atom stereocenters. The van der Waals surface area contributed by atoms with Crippen LogP contribution in [0.2, 0.25) is 0 Å². The van der Waals surface area contributed by atoms with E-state index >= 15 is 0 Å². The molecule has 3 N–H and O–H groups in total. The molecule has 0 aliphatic rings. The molecule has 1 aromatic carbocycles. The van der Waals surface area contributed by atoms with Crippen LogP contribution in [0, 0.1) is 6.92 Å². The van der Waals surface area contributed by atoms with Gasteiger partial charge in [0.1, 0.15) is 27.0 Å². The van der Waals surface area contributed by atoms with Gasteiger partial charge in [-0.2, -0.15) is 0 Å². The SMILES string of the molecule is Cc1nnc(Sc2cc(S(N)=O)ccc2NS(C)=O)s1. The van der Waals surface area contributed by atoms with Crippen LogP contribution in [-0.4, -0.2) is 24.9 Å². The number of aromatic nitrogens is 2. The molecule has 1 aromatic heterocycles. The number of aryl methyl sites for hydroxylation is 1. The number of nitrogens with two attached hydrogens (primary N) is 1. The Kier molecular flexibility index (Phi) is 5.27. The molecule has 0 amide bonds. The molecule has 20 heavy (non-hydrogen) atoms. The van der Waals surface area contributed by atoms with Crippen molar-refractivity contribution in [3.8, 4) is 0 Å². The summed E-state index contributed by atoms with van der Waals surface area (Å²) in [5.41, 5.74) is 0.679. The molecule has 2 aromatic rings. The highest BCUT2D eigenvalue weighted by Gasteiger charge is 2.11. The Bertz CT molecular complexity index is 673. The summed E-state index contributed by atoms with van der Waals surface area (Å²) < 4.78 is 26.3. The molecule has 6 nitrogen and oxygen atoms in total. The first kappa shape index (κ1) is 15.6. The molecule has 0 radical (unpaired) electrons. The lowest BCUT2D eigenvalue weighted by Gasteiger charge is -2.09. The first-order chi connectivity index (χ1) is 9.45. The Balaban J connectivity index is 2.37. The van der Waals surface area contributed by atoms with Gasteiger partial charge in [0.2, 0.25) is 0 Å². The number of nitrogens with zero attached hydrogens (tertiary/aromatic N) is 2. The highest BCUT2D eigenvalue weighted by molar-refractivity contribution is 8.01. The van der Waals surface area contributed by atoms with Crippen LogP contribution in [0.5, 0.6) is 0 Å². The highest BCUT2D eigenvalue weighted by atomic mass is 32.2. The molecule has 0 saturated carbocycles. The molecule has 0 bridgehead atoms. The van der Waals surface area contributed by atoms with Crippen molar-refractivity contribution in [3.05, 3.63) is 23.2 Å². The van der Waals surface area contributed by atoms with Crippen LogP contribution < -0.4 is 9.86 Å². The number of nitrogens with one attached hydrogen (secondary N) is 1. The van der Waals surface area contributed by atoms with Crippen molar-refractivity contribution >= 4 is 50.8 Å². The van der Waals surface area contributed by atoms with Crippen molar-refractivity contribution in [3.63, 3.8) is 0 Å². The average molecular weight is 349 g/mol. The van der Waals surface area contributed by atoms with E-state index < -0.39 is 22.0 Å². The van der Waals surface area contributed by atoms with E-state index in [9.17, 15) is 8.42 Å². The highest BCUT2D eigenvalue weighted by Crippen LogP contribution is 2.36. The number of benzene rings is 1. The van der Waals surface area contributed by atoms with Crippen LogP contribution in [-0.2, 0) is 22.0 Å². The average Bonchev–Trinajstić information content (AvgIpc) is 2.76. The molecule has 10 heteroatoms. The third kappa shape index (κ3) is 4.09. The summed E-state index contributed by atoms with van der Waals surface area (Å²) >= 11 is 2.82. The maximum Gasteiger partial charge on any atom is 0.179 e. The molecule has 2 rings (SSSR count). The van der Waals surface area contributed by atoms with E-state index in [1.807, 2.05) is 6.92 Å². The van der Waals surface area contributed by atoms with E-state index in [1.54, 1.807) is 24.5 Å². The van der Waals surface area contributed by atoms with Crippen LogP contribution in [0.3, 0.4) is 0 Å². The van der Waals surface area contributed by atoms with Gasteiger partial charge in [-0.25, -0.2) is 13.6 Å². The minimum absolute atomic E-state index is 0.501. The lowest BCUT2D eigenvalue weighted by atomic mass is 10.3. The number of hydrogen-bond acceptors (Lipinski definition) is 6. The van der Waals surface area contributed by atoms with Crippen LogP contribution in [0.15, 0.2) is 32.3 Å². The van der Waals surface area contributed by atoms with Crippen LogP contribution in [0.4, 0.5) is 5.69 Å². The van der Waals surface area contributed by atoms with E-state index in [1.165, 1.54) is 23.1 Å². The van der Waals surface area contributed by atoms with E-state index in [-0.39, 0.29) is 0 Å². The number of anilines is 1. The molecular formula is C10H12N4O2S4. The molecule has 0 spiro atoms. The molecule has 0 aliphatic carbocycles. The Hall–Kier alpha value is -0.810. The third-order valence-electron chi connectivity index (χ3n) is 2.14. The lowest BCUT2D eigenvalue weighted by Crippen LogP contribution is -2.05. The minimum atomic E-state index is -1.56. The van der Waals surface area contributed by atoms with Gasteiger partial charge in [0.25, 0.3) is 0 Å². The molecule has 0 saturated heterocycles. The Morgan fingerprint density at radius 2 is 2.10 bits per heavy atom. The van der Waals surface area contributed by atoms with Gasteiger partial charge in [-0.15, -0.1) is 10.2 Å². The van der Waals surface area contributed by atoms with Crippen LogP contribution >= 0.6 is 23.1 Å². The standard InChI is InChI=1S/C10H12N4O2S4/c1-6-12-13-10(17-6)18-9-5-7(20(11)16)3-4-8(9)14-19(2)15/h3-5,14H,11H2,1-2H3. The van der Waals surface area contributed by atoms with Crippen LogP contribution in [0.1, 0.15) is 5.01 Å². The zero-order valence-corrected chi connectivity index (χ0v) is 13.9. The van der Waals surface area contributed by atoms with Crippen molar-refractivity contribution in [1.82, 2.24) is 10.2 Å². The van der Waals surface area contributed by atoms with Crippen molar-refractivity contribution < 1.29 is 8.42 Å². The van der Waals surface area contributed by atoms with Gasteiger partial charge in [0, 0.05) is 11.2 Å². The van der Waals surface area contributed by atoms with Gasteiger partial charge in [-0.3, -0.25) is 0 Å². The number of rotatable bonds is 5. The normalized spacial score (nSPS) is 13.9. The fourth-order valence-corrected chi connectivity index (χ4v) is 4.33. The quantitative estimate of drug-likeness (QED) is 0.857. The van der Waals surface area contributed by atoms with Gasteiger partial charge < -0.3 is 4.72 Å². The second kappa shape index (κ2) is 6.76. The predicted molar refractivity (Wildman–Crippen MR) is 83.5 cm³/mol. The summed E-state index contributed by atoms with van der Waals surface area (Å²) in [6.07, 6.45) is 1.54. The maximum atomic E-state index is 11.4. The van der Waals surface area contributed by atoms with Gasteiger partial charge >= 0.3 is 0 Å². The Labute approximate surface area is 129 Å². The van der Waals surface area contributed by atoms with Crippen molar-refractivity contribution in [2.45, 2.75) is 21.1 Å². The summed E-state index contributed by atoms with van der Waals surface area (Å²) in [5, 5.41) is 14.2. The van der Waals surface area contributed by atoms with Crippen LogP contribution in [0.25, 0.3) is 0 Å². The zero-order chi connectivity index (χ0) is 14.7. The van der Waals surface area contributed by atoms with E-state index in [0.717, 1.165) is 14.2 Å². The van der Waals surface area contributed by atoms with E-state index in [2.05, 4.69) is 14.9 Å². The summed E-state index contributed by atoms with van der Waals surface area (Å²) in [6.45, 7) is 1.87. The largest absolute Gasteiger partial charge is 0.304 e. The lowest BCUT2D eigenvalue weighted by molar-refractivity contribution is 0.684.